The van der Waals surface area contributed by atoms with Gasteiger partial charge in [0.2, 0.25) is 0 Å². The third-order valence-electron chi connectivity index (χ3n) is 3.02. The van der Waals surface area contributed by atoms with Crippen molar-refractivity contribution in [2.75, 3.05) is 5.32 Å². The summed E-state index contributed by atoms with van der Waals surface area (Å²) in [5.74, 6) is -0.632. The van der Waals surface area contributed by atoms with Crippen LogP contribution in [0.3, 0.4) is 0 Å². The van der Waals surface area contributed by atoms with Crippen LogP contribution in [0.1, 0.15) is 21.9 Å². The van der Waals surface area contributed by atoms with Crippen LogP contribution in [0, 0.1) is 6.92 Å². The van der Waals surface area contributed by atoms with E-state index in [1.54, 1.807) is 12.1 Å². The molecule has 0 unspecified atom stereocenters. The molecule has 118 valence electrons. The van der Waals surface area contributed by atoms with Gasteiger partial charge in [0.15, 0.2) is 11.3 Å². The van der Waals surface area contributed by atoms with Crippen molar-refractivity contribution in [2.24, 2.45) is 0 Å². The van der Waals surface area contributed by atoms with Gasteiger partial charge in [0, 0.05) is 29.8 Å². The summed E-state index contributed by atoms with van der Waals surface area (Å²) in [5, 5.41) is 6.25. The summed E-state index contributed by atoms with van der Waals surface area (Å²) in [6, 6.07) is 5.19. The average Bonchev–Trinajstić information content (AvgIpc) is 2.90. The van der Waals surface area contributed by atoms with Crippen LogP contribution in [0.4, 0.5) is 18.9 Å². The van der Waals surface area contributed by atoms with Gasteiger partial charge in [0.25, 0.3) is 5.91 Å². The Labute approximate surface area is 128 Å². The maximum absolute atomic E-state index is 13.1. The zero-order chi connectivity index (χ0) is 16.6. The van der Waals surface area contributed by atoms with Gasteiger partial charge in [-0.2, -0.15) is 18.3 Å². The van der Waals surface area contributed by atoms with Gasteiger partial charge in [-0.3, -0.25) is 9.78 Å². The van der Waals surface area contributed by atoms with E-state index >= 15 is 0 Å². The van der Waals surface area contributed by atoms with Gasteiger partial charge in [-0.1, -0.05) is 0 Å². The maximum atomic E-state index is 13.1. The number of carbonyl (C=O) groups is 1. The Morgan fingerprint density at radius 2 is 1.91 bits per heavy atom. The smallest absolute Gasteiger partial charge is 0.320 e. The molecule has 0 saturated carbocycles. The average molecular weight is 321 g/mol. The lowest BCUT2D eigenvalue weighted by atomic mass is 10.3. The van der Waals surface area contributed by atoms with Crippen molar-refractivity contribution in [1.82, 2.24) is 19.6 Å². The van der Waals surface area contributed by atoms with Crippen molar-refractivity contribution in [1.29, 1.82) is 0 Å². The second-order valence-electron chi connectivity index (χ2n) is 4.77. The summed E-state index contributed by atoms with van der Waals surface area (Å²) in [5.41, 5.74) is -0.543. The summed E-state index contributed by atoms with van der Waals surface area (Å²) >= 11 is 0. The molecular formula is C14H10F3N5O. The number of aromatic nitrogens is 4. The fraction of sp³-hybridized carbons (Fsp3) is 0.143. The minimum absolute atomic E-state index is 0.0443. The van der Waals surface area contributed by atoms with E-state index in [2.05, 4.69) is 20.4 Å². The second-order valence-corrected chi connectivity index (χ2v) is 4.77. The molecule has 1 N–H and O–H groups in total. The molecule has 0 aliphatic heterocycles. The number of carbonyl (C=O) groups excluding carboxylic acids is 1. The summed E-state index contributed by atoms with van der Waals surface area (Å²) in [6.07, 6.45) is -1.64. The van der Waals surface area contributed by atoms with Crippen molar-refractivity contribution in [3.05, 3.63) is 53.7 Å². The van der Waals surface area contributed by atoms with E-state index < -0.39 is 17.8 Å². The SMILES string of the molecule is Cc1cc(C(F)(F)F)n2nc(C(=O)Nc3ccncc3)cc2n1. The summed E-state index contributed by atoms with van der Waals surface area (Å²) in [4.78, 5) is 19.9. The lowest BCUT2D eigenvalue weighted by Crippen LogP contribution is -2.15. The molecular weight excluding hydrogens is 311 g/mol. The number of nitrogens with zero attached hydrogens (tertiary/aromatic N) is 4. The first-order valence-corrected chi connectivity index (χ1v) is 6.50. The number of hydrogen-bond acceptors (Lipinski definition) is 4. The molecule has 0 radical (unpaired) electrons. The highest BCUT2D eigenvalue weighted by Gasteiger charge is 2.35. The number of halogens is 3. The molecule has 3 rings (SSSR count). The number of aryl methyl sites for hydroxylation is 1. The van der Waals surface area contributed by atoms with Gasteiger partial charge in [-0.15, -0.1) is 0 Å². The number of amides is 1. The molecule has 3 heterocycles. The fourth-order valence-electron chi connectivity index (χ4n) is 2.04. The number of alkyl halides is 3. The minimum atomic E-state index is -4.60. The van der Waals surface area contributed by atoms with Crippen LogP contribution in [-0.2, 0) is 6.18 Å². The van der Waals surface area contributed by atoms with Crippen LogP contribution in [0.25, 0.3) is 5.65 Å². The monoisotopic (exact) mass is 321 g/mol. The summed E-state index contributed by atoms with van der Waals surface area (Å²) in [6.45, 7) is 1.44. The van der Waals surface area contributed by atoms with Crippen LogP contribution >= 0.6 is 0 Å². The van der Waals surface area contributed by atoms with Crippen LogP contribution in [0.5, 0.6) is 0 Å². The summed E-state index contributed by atoms with van der Waals surface area (Å²) < 4.78 is 39.8. The van der Waals surface area contributed by atoms with E-state index in [1.807, 2.05) is 0 Å². The van der Waals surface area contributed by atoms with Crippen molar-refractivity contribution < 1.29 is 18.0 Å². The highest BCUT2D eigenvalue weighted by molar-refractivity contribution is 6.03. The number of hydrogen-bond donors (Lipinski definition) is 1. The third kappa shape index (κ3) is 2.98. The molecule has 0 aliphatic rings. The highest BCUT2D eigenvalue weighted by atomic mass is 19.4. The second kappa shape index (κ2) is 5.34. The van der Waals surface area contributed by atoms with Gasteiger partial charge in [0.1, 0.15) is 5.69 Å². The molecule has 23 heavy (non-hydrogen) atoms. The molecule has 0 atom stereocenters. The molecule has 0 bridgehead atoms. The van der Waals surface area contributed by atoms with E-state index in [1.165, 1.54) is 25.4 Å². The van der Waals surface area contributed by atoms with E-state index in [4.69, 9.17) is 0 Å². The lowest BCUT2D eigenvalue weighted by molar-refractivity contribution is -0.142. The molecule has 0 aromatic carbocycles. The van der Waals surface area contributed by atoms with Gasteiger partial charge in [-0.05, 0) is 25.1 Å². The Morgan fingerprint density at radius 3 is 2.57 bits per heavy atom. The summed E-state index contributed by atoms with van der Waals surface area (Å²) in [7, 11) is 0. The highest BCUT2D eigenvalue weighted by Crippen LogP contribution is 2.29. The van der Waals surface area contributed by atoms with Gasteiger partial charge in [0.05, 0.1) is 0 Å². The standard InChI is InChI=1S/C14H10F3N5O/c1-8-6-11(14(15,16)17)22-12(19-8)7-10(21-22)13(23)20-9-2-4-18-5-3-9/h2-7H,1H3,(H,18,20,23). The molecule has 1 amide bonds. The van der Waals surface area contributed by atoms with E-state index in [-0.39, 0.29) is 17.0 Å². The maximum Gasteiger partial charge on any atom is 0.433 e. The zero-order valence-electron chi connectivity index (χ0n) is 11.8. The van der Waals surface area contributed by atoms with Gasteiger partial charge >= 0.3 is 6.18 Å². The van der Waals surface area contributed by atoms with Gasteiger partial charge < -0.3 is 5.32 Å². The Balaban J connectivity index is 2.01. The van der Waals surface area contributed by atoms with Crippen LogP contribution in [0.2, 0.25) is 0 Å². The predicted molar refractivity (Wildman–Crippen MR) is 74.9 cm³/mol. The lowest BCUT2D eigenvalue weighted by Gasteiger charge is -2.09. The van der Waals surface area contributed by atoms with E-state index in [0.29, 0.717) is 10.2 Å². The van der Waals surface area contributed by atoms with Crippen molar-refractivity contribution in [3.63, 3.8) is 0 Å². The minimum Gasteiger partial charge on any atom is -0.320 e. The number of fused-ring (bicyclic) bond motifs is 1. The number of anilines is 1. The zero-order valence-corrected chi connectivity index (χ0v) is 11.8. The van der Waals surface area contributed by atoms with Crippen LogP contribution in [0.15, 0.2) is 36.7 Å². The Bertz CT molecular complexity index is 873. The Morgan fingerprint density at radius 1 is 1.22 bits per heavy atom. The normalized spacial score (nSPS) is 11.7. The first kappa shape index (κ1) is 14.9. The van der Waals surface area contributed by atoms with Gasteiger partial charge in [-0.25, -0.2) is 9.50 Å². The van der Waals surface area contributed by atoms with Crippen molar-refractivity contribution in [2.45, 2.75) is 13.1 Å². The first-order chi connectivity index (χ1) is 10.8. The van der Waals surface area contributed by atoms with Crippen LogP contribution in [-0.4, -0.2) is 25.5 Å². The molecule has 0 saturated heterocycles. The Kier molecular flexibility index (Phi) is 3.47. The topological polar surface area (TPSA) is 72.2 Å². The molecule has 3 aromatic rings. The van der Waals surface area contributed by atoms with E-state index in [9.17, 15) is 18.0 Å². The molecule has 3 aromatic heterocycles. The molecule has 6 nitrogen and oxygen atoms in total. The quantitative estimate of drug-likeness (QED) is 0.788. The molecule has 0 spiro atoms. The van der Waals surface area contributed by atoms with E-state index in [0.717, 1.165) is 6.07 Å². The molecule has 9 heteroatoms. The fourth-order valence-corrected chi connectivity index (χ4v) is 2.04. The third-order valence-corrected chi connectivity index (χ3v) is 3.02. The Hall–Kier alpha value is -2.97. The number of rotatable bonds is 2. The number of pyridine rings is 1. The largest absolute Gasteiger partial charge is 0.433 e. The van der Waals surface area contributed by atoms with Crippen molar-refractivity contribution in [3.8, 4) is 0 Å². The molecule has 0 aliphatic carbocycles. The molecule has 0 fully saturated rings. The van der Waals surface area contributed by atoms with Crippen molar-refractivity contribution >= 4 is 17.2 Å². The predicted octanol–water partition coefficient (Wildman–Crippen LogP) is 2.70. The van der Waals surface area contributed by atoms with Crippen LogP contribution < -0.4 is 5.32 Å². The first-order valence-electron chi connectivity index (χ1n) is 6.50. The number of nitrogens with one attached hydrogen (secondary N) is 1.